The Morgan fingerprint density at radius 3 is 2.25 bits per heavy atom. The van der Waals surface area contributed by atoms with Crippen LogP contribution in [0.15, 0.2) is 0 Å². The molecule has 0 aliphatic carbocycles. The van der Waals surface area contributed by atoms with Crippen molar-refractivity contribution in [3.63, 3.8) is 0 Å². The molecule has 1 fully saturated rings. The maximum atomic E-state index is 9.20. The molecule has 1 aliphatic heterocycles. The first kappa shape index (κ1) is 9.92. The van der Waals surface area contributed by atoms with Gasteiger partial charge < -0.3 is 15.3 Å². The summed E-state index contributed by atoms with van der Waals surface area (Å²) in [6.45, 7) is 3.88. The second kappa shape index (κ2) is 4.18. The lowest BCUT2D eigenvalue weighted by molar-refractivity contribution is 0.0572. The largest absolute Gasteiger partial charge is 0.396 e. The van der Waals surface area contributed by atoms with Crippen molar-refractivity contribution in [2.45, 2.75) is 19.1 Å². The van der Waals surface area contributed by atoms with E-state index in [4.69, 9.17) is 5.11 Å². The average Bonchev–Trinajstić information content (AvgIpc) is 2.31. The molecule has 1 unspecified atom stereocenters. The SMILES string of the molecule is CC(CO)CN1C[C@@H](O)[C@@H](O)C1. The molecule has 0 radical (unpaired) electrons. The van der Waals surface area contributed by atoms with Crippen molar-refractivity contribution in [3.05, 3.63) is 0 Å². The molecule has 1 aliphatic rings. The summed E-state index contributed by atoms with van der Waals surface area (Å²) < 4.78 is 0. The molecule has 3 atom stereocenters. The van der Waals surface area contributed by atoms with Gasteiger partial charge >= 0.3 is 0 Å². The number of aliphatic hydroxyl groups is 3. The Bertz CT molecular complexity index is 132. The molecule has 0 bridgehead atoms. The van der Waals surface area contributed by atoms with Crippen LogP contribution in [0.5, 0.6) is 0 Å². The van der Waals surface area contributed by atoms with Gasteiger partial charge in [0.05, 0.1) is 12.2 Å². The second-order valence-corrected chi connectivity index (χ2v) is 3.64. The number of hydrogen-bond donors (Lipinski definition) is 3. The smallest absolute Gasteiger partial charge is 0.0938 e. The lowest BCUT2D eigenvalue weighted by atomic mass is 10.2. The zero-order chi connectivity index (χ0) is 9.14. The minimum absolute atomic E-state index is 0.155. The summed E-state index contributed by atoms with van der Waals surface area (Å²) in [5.41, 5.74) is 0. The molecule has 4 heteroatoms. The van der Waals surface area contributed by atoms with E-state index in [0.717, 1.165) is 6.54 Å². The molecule has 0 aromatic rings. The normalized spacial score (nSPS) is 34.0. The van der Waals surface area contributed by atoms with Crippen LogP contribution in [-0.4, -0.2) is 58.7 Å². The predicted octanol–water partition coefficient (Wildman–Crippen LogP) is -1.35. The Morgan fingerprint density at radius 2 is 1.83 bits per heavy atom. The van der Waals surface area contributed by atoms with Crippen molar-refractivity contribution in [2.24, 2.45) is 5.92 Å². The minimum atomic E-state index is -0.615. The Kier molecular flexibility index (Phi) is 3.46. The van der Waals surface area contributed by atoms with Crippen LogP contribution in [-0.2, 0) is 0 Å². The second-order valence-electron chi connectivity index (χ2n) is 3.64. The molecule has 1 heterocycles. The summed E-state index contributed by atoms with van der Waals surface area (Å²) in [5.74, 6) is 0.211. The van der Waals surface area contributed by atoms with Crippen molar-refractivity contribution >= 4 is 0 Å². The van der Waals surface area contributed by atoms with Gasteiger partial charge in [-0.1, -0.05) is 6.92 Å². The van der Waals surface area contributed by atoms with Gasteiger partial charge in [0.1, 0.15) is 0 Å². The first-order valence-electron chi connectivity index (χ1n) is 4.32. The number of hydrogen-bond acceptors (Lipinski definition) is 4. The highest BCUT2D eigenvalue weighted by Crippen LogP contribution is 2.11. The molecule has 0 aromatic carbocycles. The number of likely N-dealkylation sites (tertiary alicyclic amines) is 1. The van der Waals surface area contributed by atoms with Gasteiger partial charge in [-0.3, -0.25) is 4.90 Å². The maximum Gasteiger partial charge on any atom is 0.0938 e. The van der Waals surface area contributed by atoms with Gasteiger partial charge in [0.25, 0.3) is 0 Å². The standard InChI is InChI=1S/C8H17NO3/c1-6(5-10)2-9-3-7(11)8(12)4-9/h6-8,10-12H,2-5H2,1H3/t6?,7-,8+. The van der Waals surface area contributed by atoms with Gasteiger partial charge in [-0.05, 0) is 5.92 Å². The summed E-state index contributed by atoms with van der Waals surface area (Å²) in [5, 5.41) is 27.2. The monoisotopic (exact) mass is 175 g/mol. The third-order valence-electron chi connectivity index (χ3n) is 2.22. The molecular weight excluding hydrogens is 158 g/mol. The fraction of sp³-hybridized carbons (Fsp3) is 1.00. The van der Waals surface area contributed by atoms with E-state index in [1.54, 1.807) is 0 Å². The van der Waals surface area contributed by atoms with Crippen LogP contribution in [0.1, 0.15) is 6.92 Å². The molecule has 72 valence electrons. The van der Waals surface area contributed by atoms with Gasteiger partial charge in [0.2, 0.25) is 0 Å². The number of rotatable bonds is 3. The van der Waals surface area contributed by atoms with Crippen LogP contribution >= 0.6 is 0 Å². The minimum Gasteiger partial charge on any atom is -0.396 e. The van der Waals surface area contributed by atoms with E-state index in [-0.39, 0.29) is 12.5 Å². The highest BCUT2D eigenvalue weighted by Gasteiger charge is 2.29. The summed E-state index contributed by atoms with van der Waals surface area (Å²) in [4.78, 5) is 1.97. The van der Waals surface area contributed by atoms with E-state index in [0.29, 0.717) is 13.1 Å². The Hall–Kier alpha value is -0.160. The molecule has 1 rings (SSSR count). The highest BCUT2D eigenvalue weighted by atomic mass is 16.3. The molecule has 0 aromatic heterocycles. The lowest BCUT2D eigenvalue weighted by Crippen LogP contribution is -2.28. The molecule has 0 saturated carbocycles. The van der Waals surface area contributed by atoms with E-state index in [9.17, 15) is 10.2 Å². The molecule has 3 N–H and O–H groups in total. The topological polar surface area (TPSA) is 63.9 Å². The van der Waals surface area contributed by atoms with Gasteiger partial charge in [-0.15, -0.1) is 0 Å². The molecule has 0 amide bonds. The highest BCUT2D eigenvalue weighted by molar-refractivity contribution is 4.83. The van der Waals surface area contributed by atoms with Crippen LogP contribution in [0, 0.1) is 5.92 Å². The Balaban J connectivity index is 2.27. The zero-order valence-corrected chi connectivity index (χ0v) is 7.35. The van der Waals surface area contributed by atoms with Gasteiger partial charge in [-0.2, -0.15) is 0 Å². The Labute approximate surface area is 72.4 Å². The van der Waals surface area contributed by atoms with Crippen molar-refractivity contribution < 1.29 is 15.3 Å². The average molecular weight is 175 g/mol. The van der Waals surface area contributed by atoms with Crippen LogP contribution in [0.4, 0.5) is 0 Å². The third kappa shape index (κ3) is 2.42. The number of β-amino-alcohol motifs (C(OH)–C–C–N with tert-alkyl or cyclic N) is 2. The van der Waals surface area contributed by atoms with E-state index in [1.807, 2.05) is 11.8 Å². The van der Waals surface area contributed by atoms with Crippen molar-refractivity contribution in [1.29, 1.82) is 0 Å². The number of aliphatic hydroxyl groups excluding tert-OH is 3. The van der Waals surface area contributed by atoms with Gasteiger partial charge in [0, 0.05) is 26.2 Å². The van der Waals surface area contributed by atoms with Crippen molar-refractivity contribution in [3.8, 4) is 0 Å². The summed E-state index contributed by atoms with van der Waals surface area (Å²) >= 11 is 0. The van der Waals surface area contributed by atoms with Crippen LogP contribution in [0.3, 0.4) is 0 Å². The van der Waals surface area contributed by atoms with Crippen molar-refractivity contribution in [2.75, 3.05) is 26.2 Å². The van der Waals surface area contributed by atoms with E-state index >= 15 is 0 Å². The van der Waals surface area contributed by atoms with Crippen LogP contribution < -0.4 is 0 Å². The van der Waals surface area contributed by atoms with Gasteiger partial charge in [-0.25, -0.2) is 0 Å². The first-order valence-corrected chi connectivity index (χ1v) is 4.32. The molecule has 0 spiro atoms. The fourth-order valence-corrected chi connectivity index (χ4v) is 1.49. The molecule has 12 heavy (non-hydrogen) atoms. The Morgan fingerprint density at radius 1 is 1.33 bits per heavy atom. The van der Waals surface area contributed by atoms with Crippen LogP contribution in [0.2, 0.25) is 0 Å². The lowest BCUT2D eigenvalue weighted by Gasteiger charge is -2.18. The predicted molar refractivity (Wildman–Crippen MR) is 44.7 cm³/mol. The van der Waals surface area contributed by atoms with Crippen molar-refractivity contribution in [1.82, 2.24) is 4.90 Å². The van der Waals surface area contributed by atoms with E-state index in [1.165, 1.54) is 0 Å². The van der Waals surface area contributed by atoms with E-state index in [2.05, 4.69) is 0 Å². The summed E-state index contributed by atoms with van der Waals surface area (Å²) in [7, 11) is 0. The van der Waals surface area contributed by atoms with Gasteiger partial charge in [0.15, 0.2) is 0 Å². The summed E-state index contributed by atoms with van der Waals surface area (Å²) in [6, 6.07) is 0. The maximum absolute atomic E-state index is 9.20. The molecule has 1 saturated heterocycles. The van der Waals surface area contributed by atoms with Crippen LogP contribution in [0.25, 0.3) is 0 Å². The third-order valence-corrected chi connectivity index (χ3v) is 2.22. The first-order chi connectivity index (χ1) is 5.63. The van der Waals surface area contributed by atoms with E-state index < -0.39 is 12.2 Å². The molecule has 4 nitrogen and oxygen atoms in total. The number of nitrogens with zero attached hydrogens (tertiary/aromatic N) is 1. The quantitative estimate of drug-likeness (QED) is 0.496. The zero-order valence-electron chi connectivity index (χ0n) is 7.35. The molecular formula is C8H17NO3. The fourth-order valence-electron chi connectivity index (χ4n) is 1.49. The summed E-state index contributed by atoms with van der Waals surface area (Å²) in [6.07, 6.45) is -1.23.